The van der Waals surface area contributed by atoms with Gasteiger partial charge in [-0.3, -0.25) is 14.9 Å². The number of rotatable bonds is 4. The van der Waals surface area contributed by atoms with Gasteiger partial charge in [0.1, 0.15) is 12.3 Å². The quantitative estimate of drug-likeness (QED) is 0.597. The average Bonchev–Trinajstić information content (AvgIpc) is 3.34. The Kier molecular flexibility index (Phi) is 5.29. The predicted molar refractivity (Wildman–Crippen MR) is 94.9 cm³/mol. The number of amides is 1. The maximum Gasteiger partial charge on any atom is 0.238 e. The Morgan fingerprint density at radius 2 is 2.04 bits per heavy atom. The zero-order chi connectivity index (χ0) is 17.4. The van der Waals surface area contributed by atoms with E-state index in [9.17, 15) is 4.79 Å². The molecule has 1 amide bonds. The third-order valence-electron chi connectivity index (χ3n) is 6.77. The fourth-order valence-electron chi connectivity index (χ4n) is 5.32. The molecule has 4 fully saturated rings. The van der Waals surface area contributed by atoms with E-state index in [0.29, 0.717) is 17.9 Å². The first-order valence-corrected chi connectivity index (χ1v) is 10.1. The van der Waals surface area contributed by atoms with E-state index in [-0.39, 0.29) is 24.3 Å². The van der Waals surface area contributed by atoms with E-state index in [2.05, 4.69) is 28.5 Å². The highest BCUT2D eigenvalue weighted by molar-refractivity contribution is 5.82. The van der Waals surface area contributed by atoms with Gasteiger partial charge in [0.15, 0.2) is 0 Å². The van der Waals surface area contributed by atoms with Crippen LogP contribution in [-0.2, 0) is 9.63 Å². The molecule has 2 saturated heterocycles. The zero-order valence-corrected chi connectivity index (χ0v) is 15.5. The van der Waals surface area contributed by atoms with Crippen LogP contribution in [0.15, 0.2) is 0 Å². The second kappa shape index (κ2) is 7.48. The molecule has 0 bridgehead atoms. The summed E-state index contributed by atoms with van der Waals surface area (Å²) in [5, 5.41) is 8.93. The molecule has 0 aromatic carbocycles. The molecule has 0 radical (unpaired) electrons. The van der Waals surface area contributed by atoms with Crippen molar-refractivity contribution in [2.45, 2.75) is 76.3 Å². The lowest BCUT2D eigenvalue weighted by Gasteiger charge is -2.36. The van der Waals surface area contributed by atoms with E-state index < -0.39 is 0 Å². The maximum absolute atomic E-state index is 12.5. The van der Waals surface area contributed by atoms with Gasteiger partial charge in [-0.1, -0.05) is 6.92 Å². The summed E-state index contributed by atoms with van der Waals surface area (Å²) < 4.78 is 0. The van der Waals surface area contributed by atoms with Gasteiger partial charge >= 0.3 is 0 Å². The first kappa shape index (κ1) is 17.7. The number of hydrazine groups is 1. The number of hydrogen-bond acceptors (Lipinski definition) is 6. The summed E-state index contributed by atoms with van der Waals surface area (Å²) in [6.45, 7) is 3.08. The van der Waals surface area contributed by atoms with E-state index in [1.807, 2.05) is 12.1 Å². The van der Waals surface area contributed by atoms with Crippen molar-refractivity contribution >= 4 is 5.91 Å². The number of fused-ring (bicyclic) bond motifs is 1. The molecule has 0 aromatic rings. The Morgan fingerprint density at radius 3 is 2.76 bits per heavy atom. The number of nitrogens with zero attached hydrogens (tertiary/aromatic N) is 1. The smallest absolute Gasteiger partial charge is 0.238 e. The van der Waals surface area contributed by atoms with Crippen LogP contribution < -0.4 is 21.5 Å². The summed E-state index contributed by atoms with van der Waals surface area (Å²) in [5.74, 6) is 2.23. The summed E-state index contributed by atoms with van der Waals surface area (Å²) in [4.78, 5) is 18.1. The molecule has 2 aliphatic heterocycles. The van der Waals surface area contributed by atoms with Crippen LogP contribution in [0.5, 0.6) is 0 Å². The topological polar surface area (TPSA) is 77.7 Å². The van der Waals surface area contributed by atoms with Crippen molar-refractivity contribution in [1.29, 1.82) is 0 Å². The average molecular weight is 351 g/mol. The molecular formula is C18H33N5O2. The normalized spacial score (nSPS) is 44.8. The van der Waals surface area contributed by atoms with Gasteiger partial charge in [-0.2, -0.15) is 5.48 Å². The Labute approximate surface area is 150 Å². The molecule has 7 atom stereocenters. The summed E-state index contributed by atoms with van der Waals surface area (Å²) in [6.07, 6.45) is 8.38. The SMILES string of the molecule is CCC1NC(C2CCC3C(CC[C@H]3NC(=O)C3CCN(C)N3)C2)NO1. The predicted octanol–water partition coefficient (Wildman–Crippen LogP) is 0.693. The molecule has 4 rings (SSSR count). The van der Waals surface area contributed by atoms with Gasteiger partial charge in [0.05, 0.1) is 6.17 Å². The van der Waals surface area contributed by atoms with Crippen molar-refractivity contribution < 1.29 is 9.63 Å². The summed E-state index contributed by atoms with van der Waals surface area (Å²) in [7, 11) is 2.00. The first-order chi connectivity index (χ1) is 12.1. The standard InChI is InChI=1S/C18H33N5O2/c1-3-16-20-17(22-25-16)12-4-6-13-11(10-12)5-7-14(13)19-18(24)15-8-9-23(2)21-15/h11-17,20-22H,3-10H2,1-2H3,(H,19,24)/t11?,12?,13?,14-,15?,16?,17?/m1/s1. The van der Waals surface area contributed by atoms with E-state index in [4.69, 9.17) is 4.84 Å². The second-order valence-corrected chi connectivity index (χ2v) is 8.36. The lowest BCUT2D eigenvalue weighted by Crippen LogP contribution is -2.49. The van der Waals surface area contributed by atoms with Crippen LogP contribution in [0.2, 0.25) is 0 Å². The molecule has 7 nitrogen and oxygen atoms in total. The van der Waals surface area contributed by atoms with Gasteiger partial charge in [-0.25, -0.2) is 10.4 Å². The third kappa shape index (κ3) is 3.71. The van der Waals surface area contributed by atoms with Crippen LogP contribution in [0.4, 0.5) is 0 Å². The van der Waals surface area contributed by atoms with Crippen LogP contribution in [0.3, 0.4) is 0 Å². The van der Waals surface area contributed by atoms with E-state index >= 15 is 0 Å². The molecule has 0 spiro atoms. The van der Waals surface area contributed by atoms with Crippen molar-refractivity contribution in [2.24, 2.45) is 17.8 Å². The van der Waals surface area contributed by atoms with Gasteiger partial charge in [0.25, 0.3) is 0 Å². The molecule has 2 heterocycles. The van der Waals surface area contributed by atoms with Crippen LogP contribution in [-0.4, -0.2) is 49.0 Å². The van der Waals surface area contributed by atoms with E-state index in [1.165, 1.54) is 25.7 Å². The maximum atomic E-state index is 12.5. The van der Waals surface area contributed by atoms with E-state index in [1.54, 1.807) is 0 Å². The van der Waals surface area contributed by atoms with Gasteiger partial charge in [-0.05, 0) is 62.7 Å². The molecular weight excluding hydrogens is 318 g/mol. The summed E-state index contributed by atoms with van der Waals surface area (Å²) >= 11 is 0. The molecule has 0 aromatic heterocycles. The van der Waals surface area contributed by atoms with Crippen molar-refractivity contribution in [3.05, 3.63) is 0 Å². The third-order valence-corrected chi connectivity index (χ3v) is 6.77. The molecule has 4 N–H and O–H groups in total. The van der Waals surface area contributed by atoms with Crippen molar-refractivity contribution in [3.8, 4) is 0 Å². The van der Waals surface area contributed by atoms with Crippen LogP contribution >= 0.6 is 0 Å². The Bertz CT molecular complexity index is 490. The Morgan fingerprint density at radius 1 is 1.20 bits per heavy atom. The fraction of sp³-hybridized carbons (Fsp3) is 0.944. The lowest BCUT2D eigenvalue weighted by atomic mass is 9.73. The number of carbonyl (C=O) groups is 1. The van der Waals surface area contributed by atoms with Gasteiger partial charge < -0.3 is 5.32 Å². The highest BCUT2D eigenvalue weighted by Crippen LogP contribution is 2.45. The number of carbonyl (C=O) groups excluding carboxylic acids is 1. The summed E-state index contributed by atoms with van der Waals surface area (Å²) in [5.41, 5.74) is 6.44. The highest BCUT2D eigenvalue weighted by atomic mass is 16.7. The van der Waals surface area contributed by atoms with Gasteiger partial charge in [0, 0.05) is 19.6 Å². The van der Waals surface area contributed by atoms with Gasteiger partial charge in [-0.15, -0.1) is 0 Å². The monoisotopic (exact) mass is 351 g/mol. The molecule has 6 unspecified atom stereocenters. The Hall–Kier alpha value is -0.730. The minimum atomic E-state index is -0.0459. The zero-order valence-electron chi connectivity index (χ0n) is 15.5. The lowest BCUT2D eigenvalue weighted by molar-refractivity contribution is -0.124. The van der Waals surface area contributed by atoms with Gasteiger partial charge in [0.2, 0.25) is 5.91 Å². The molecule has 2 saturated carbocycles. The van der Waals surface area contributed by atoms with Crippen molar-refractivity contribution in [2.75, 3.05) is 13.6 Å². The molecule has 2 aliphatic carbocycles. The second-order valence-electron chi connectivity index (χ2n) is 8.36. The Balaban J connectivity index is 1.28. The van der Waals surface area contributed by atoms with Crippen LogP contribution in [0.25, 0.3) is 0 Å². The highest BCUT2D eigenvalue weighted by Gasteiger charge is 2.44. The van der Waals surface area contributed by atoms with Crippen LogP contribution in [0.1, 0.15) is 51.9 Å². The fourth-order valence-corrected chi connectivity index (χ4v) is 5.32. The summed E-state index contributed by atoms with van der Waals surface area (Å²) in [6, 6.07) is 0.325. The van der Waals surface area contributed by atoms with Crippen molar-refractivity contribution in [3.63, 3.8) is 0 Å². The molecule has 7 heteroatoms. The minimum absolute atomic E-state index is 0.0459. The number of nitrogens with one attached hydrogen (secondary N) is 4. The molecule has 25 heavy (non-hydrogen) atoms. The number of hydrogen-bond donors (Lipinski definition) is 4. The van der Waals surface area contributed by atoms with Crippen LogP contribution in [0, 0.1) is 17.8 Å². The molecule has 142 valence electrons. The van der Waals surface area contributed by atoms with E-state index in [0.717, 1.165) is 31.7 Å². The molecule has 4 aliphatic rings. The largest absolute Gasteiger partial charge is 0.352 e. The van der Waals surface area contributed by atoms with Crippen molar-refractivity contribution in [1.82, 2.24) is 26.5 Å². The minimum Gasteiger partial charge on any atom is -0.352 e. The first-order valence-electron chi connectivity index (χ1n) is 10.1. The number of hydroxylamine groups is 1.